The summed E-state index contributed by atoms with van der Waals surface area (Å²) < 4.78 is 5.20. The van der Waals surface area contributed by atoms with Crippen LogP contribution in [0.25, 0.3) is 0 Å². The van der Waals surface area contributed by atoms with Crippen LogP contribution < -0.4 is 0 Å². The van der Waals surface area contributed by atoms with Gasteiger partial charge in [-0.2, -0.15) is 4.98 Å². The van der Waals surface area contributed by atoms with E-state index in [0.717, 1.165) is 63.5 Å². The van der Waals surface area contributed by atoms with Crippen LogP contribution in [0.5, 0.6) is 0 Å². The summed E-state index contributed by atoms with van der Waals surface area (Å²) in [5.74, 6) is 1.53. The van der Waals surface area contributed by atoms with Gasteiger partial charge in [-0.1, -0.05) is 19.0 Å². The summed E-state index contributed by atoms with van der Waals surface area (Å²) in [4.78, 5) is 6.75. The molecule has 0 saturated carbocycles. The Morgan fingerprint density at radius 1 is 1.32 bits per heavy atom. The molecule has 108 valence electrons. The number of hydrogen-bond donors (Lipinski definition) is 1. The van der Waals surface area contributed by atoms with E-state index in [2.05, 4.69) is 28.9 Å². The molecule has 19 heavy (non-hydrogen) atoms. The summed E-state index contributed by atoms with van der Waals surface area (Å²) in [5.41, 5.74) is 0.140. The number of aromatic nitrogens is 2. The van der Waals surface area contributed by atoms with Gasteiger partial charge in [-0.25, -0.2) is 0 Å². The Kier molecular flexibility index (Phi) is 4.93. The minimum absolute atomic E-state index is 0.140. The molecule has 1 N–H and O–H groups in total. The van der Waals surface area contributed by atoms with Crippen molar-refractivity contribution >= 4 is 0 Å². The molecule has 0 bridgehead atoms. The van der Waals surface area contributed by atoms with Gasteiger partial charge in [0.1, 0.15) is 0 Å². The van der Waals surface area contributed by atoms with Crippen LogP contribution >= 0.6 is 0 Å². The molecule has 0 amide bonds. The van der Waals surface area contributed by atoms with Gasteiger partial charge in [0.2, 0.25) is 5.89 Å². The number of hydrogen-bond acceptors (Lipinski definition) is 5. The number of aliphatic hydroxyl groups is 1. The van der Waals surface area contributed by atoms with E-state index in [0.29, 0.717) is 6.61 Å². The molecule has 0 radical (unpaired) electrons. The maximum atomic E-state index is 9.52. The number of likely N-dealkylation sites (tertiary alicyclic amines) is 1. The van der Waals surface area contributed by atoms with Crippen LogP contribution in [0.3, 0.4) is 0 Å². The first kappa shape index (κ1) is 14.5. The Balaban J connectivity index is 1.84. The first-order valence-electron chi connectivity index (χ1n) is 7.36. The first-order chi connectivity index (χ1) is 9.21. The minimum Gasteiger partial charge on any atom is -0.396 e. The SMILES string of the molecule is CCCc1nc(CN2CCC(CC)(CO)CC2)no1. The Morgan fingerprint density at radius 2 is 2.05 bits per heavy atom. The van der Waals surface area contributed by atoms with Crippen LogP contribution in [0.15, 0.2) is 4.52 Å². The number of nitrogens with zero attached hydrogens (tertiary/aromatic N) is 3. The van der Waals surface area contributed by atoms with E-state index in [-0.39, 0.29) is 5.41 Å². The lowest BCUT2D eigenvalue weighted by atomic mass is 9.77. The molecule has 0 atom stereocenters. The summed E-state index contributed by atoms with van der Waals surface area (Å²) in [6.45, 7) is 7.35. The average Bonchev–Trinajstić information content (AvgIpc) is 2.88. The lowest BCUT2D eigenvalue weighted by Crippen LogP contribution is -2.41. The molecule has 2 heterocycles. The van der Waals surface area contributed by atoms with Crippen LogP contribution in [-0.2, 0) is 13.0 Å². The van der Waals surface area contributed by atoms with Crippen LogP contribution in [0.2, 0.25) is 0 Å². The van der Waals surface area contributed by atoms with Gasteiger partial charge >= 0.3 is 0 Å². The fourth-order valence-corrected chi connectivity index (χ4v) is 2.68. The van der Waals surface area contributed by atoms with Crippen molar-refractivity contribution in [2.24, 2.45) is 5.41 Å². The van der Waals surface area contributed by atoms with E-state index in [1.165, 1.54) is 0 Å². The number of aryl methyl sites for hydroxylation is 1. The highest BCUT2D eigenvalue weighted by atomic mass is 16.5. The van der Waals surface area contributed by atoms with Crippen molar-refractivity contribution in [1.29, 1.82) is 0 Å². The predicted octanol–water partition coefficient (Wildman–Crippen LogP) is 2.01. The van der Waals surface area contributed by atoms with E-state index in [1.54, 1.807) is 0 Å². The zero-order valence-corrected chi connectivity index (χ0v) is 12.1. The Morgan fingerprint density at radius 3 is 2.63 bits per heavy atom. The zero-order chi connectivity index (χ0) is 13.7. The monoisotopic (exact) mass is 267 g/mol. The third-order valence-electron chi connectivity index (χ3n) is 4.34. The van der Waals surface area contributed by atoms with Crippen molar-refractivity contribution < 1.29 is 9.63 Å². The highest BCUT2D eigenvalue weighted by Crippen LogP contribution is 2.34. The molecule has 0 aliphatic carbocycles. The molecule has 1 saturated heterocycles. The van der Waals surface area contributed by atoms with Crippen molar-refractivity contribution in [3.63, 3.8) is 0 Å². The fourth-order valence-electron chi connectivity index (χ4n) is 2.68. The first-order valence-corrected chi connectivity index (χ1v) is 7.36. The van der Waals surface area contributed by atoms with Crippen molar-refractivity contribution in [1.82, 2.24) is 15.0 Å². The maximum Gasteiger partial charge on any atom is 0.226 e. The van der Waals surface area contributed by atoms with Crippen molar-refractivity contribution in [2.45, 2.75) is 52.5 Å². The van der Waals surface area contributed by atoms with Crippen molar-refractivity contribution in [2.75, 3.05) is 19.7 Å². The molecule has 2 rings (SSSR count). The second-order valence-corrected chi connectivity index (χ2v) is 5.64. The third kappa shape index (κ3) is 3.54. The standard InChI is InChI=1S/C14H25N3O2/c1-3-5-13-15-12(16-19-13)10-17-8-6-14(4-2,11-18)7-9-17/h18H,3-11H2,1-2H3. The summed E-state index contributed by atoms with van der Waals surface area (Å²) in [6.07, 6.45) is 5.05. The quantitative estimate of drug-likeness (QED) is 0.854. The molecule has 0 aromatic carbocycles. The van der Waals surface area contributed by atoms with Crippen molar-refractivity contribution in [3.05, 3.63) is 11.7 Å². The molecule has 5 nitrogen and oxygen atoms in total. The summed E-state index contributed by atoms with van der Waals surface area (Å²) in [5, 5.41) is 13.6. The van der Waals surface area contributed by atoms with Gasteiger partial charge in [-0.3, -0.25) is 4.90 Å². The number of rotatable bonds is 6. The average molecular weight is 267 g/mol. The molecule has 0 unspecified atom stereocenters. The highest BCUT2D eigenvalue weighted by Gasteiger charge is 2.32. The molecule has 0 spiro atoms. The molecule has 1 aromatic heterocycles. The predicted molar refractivity (Wildman–Crippen MR) is 72.6 cm³/mol. The van der Waals surface area contributed by atoms with Gasteiger partial charge < -0.3 is 9.63 Å². The van der Waals surface area contributed by atoms with Gasteiger partial charge in [0.25, 0.3) is 0 Å². The van der Waals surface area contributed by atoms with Crippen LogP contribution in [0, 0.1) is 5.41 Å². The van der Waals surface area contributed by atoms with E-state index in [4.69, 9.17) is 4.52 Å². The van der Waals surface area contributed by atoms with Gasteiger partial charge in [-0.15, -0.1) is 0 Å². The molecular weight excluding hydrogens is 242 g/mol. The summed E-state index contributed by atoms with van der Waals surface area (Å²) in [7, 11) is 0. The number of piperidine rings is 1. The van der Waals surface area contributed by atoms with Gasteiger partial charge in [0.05, 0.1) is 6.54 Å². The maximum absolute atomic E-state index is 9.52. The van der Waals surface area contributed by atoms with Gasteiger partial charge in [-0.05, 0) is 44.2 Å². The van der Waals surface area contributed by atoms with Gasteiger partial charge in [0, 0.05) is 13.0 Å². The minimum atomic E-state index is 0.140. The molecule has 5 heteroatoms. The van der Waals surface area contributed by atoms with Crippen molar-refractivity contribution in [3.8, 4) is 0 Å². The molecule has 1 aliphatic rings. The third-order valence-corrected chi connectivity index (χ3v) is 4.34. The molecule has 1 aliphatic heterocycles. The smallest absolute Gasteiger partial charge is 0.226 e. The Bertz CT molecular complexity index is 378. The van der Waals surface area contributed by atoms with E-state index < -0.39 is 0 Å². The summed E-state index contributed by atoms with van der Waals surface area (Å²) in [6, 6.07) is 0. The Hall–Kier alpha value is -0.940. The van der Waals surface area contributed by atoms with Crippen LogP contribution in [0.4, 0.5) is 0 Å². The molecule has 1 aromatic rings. The number of aliphatic hydroxyl groups excluding tert-OH is 1. The Labute approximate surface area is 115 Å². The molecule has 1 fully saturated rings. The lowest BCUT2D eigenvalue weighted by molar-refractivity contribution is 0.0371. The van der Waals surface area contributed by atoms with E-state index in [1.807, 2.05) is 0 Å². The van der Waals surface area contributed by atoms with Gasteiger partial charge in [0.15, 0.2) is 5.82 Å². The normalized spacial score (nSPS) is 19.7. The second-order valence-electron chi connectivity index (χ2n) is 5.64. The van der Waals surface area contributed by atoms with Crippen LogP contribution in [-0.4, -0.2) is 39.8 Å². The largest absolute Gasteiger partial charge is 0.396 e. The highest BCUT2D eigenvalue weighted by molar-refractivity contribution is 4.90. The van der Waals surface area contributed by atoms with E-state index >= 15 is 0 Å². The van der Waals surface area contributed by atoms with Crippen LogP contribution in [0.1, 0.15) is 51.2 Å². The second kappa shape index (κ2) is 6.48. The zero-order valence-electron chi connectivity index (χ0n) is 12.1. The topological polar surface area (TPSA) is 62.4 Å². The lowest BCUT2D eigenvalue weighted by Gasteiger charge is -2.39. The van der Waals surface area contributed by atoms with E-state index in [9.17, 15) is 5.11 Å². The molecular formula is C14H25N3O2. The fraction of sp³-hybridized carbons (Fsp3) is 0.857. The summed E-state index contributed by atoms with van der Waals surface area (Å²) >= 11 is 0.